The van der Waals surface area contributed by atoms with Crippen LogP contribution >= 0.6 is 27.5 Å². The van der Waals surface area contributed by atoms with E-state index in [0.29, 0.717) is 27.7 Å². The highest BCUT2D eigenvalue weighted by molar-refractivity contribution is 9.10. The molecule has 3 aromatic rings. The van der Waals surface area contributed by atoms with E-state index < -0.39 is 5.91 Å². The van der Waals surface area contributed by atoms with E-state index >= 15 is 0 Å². The molecule has 0 aliphatic rings. The molecule has 32 heavy (non-hydrogen) atoms. The Hall–Kier alpha value is -2.69. The SMILES string of the molecule is CCOc1nc(Nc2cnn([C@@H](C)CN(C)C)c2)ncc1C(=O)Nc1c(Cl)cccc1Br. The fourth-order valence-corrected chi connectivity index (χ4v) is 3.81. The second-order valence-corrected chi connectivity index (χ2v) is 8.60. The molecule has 1 aromatic carbocycles. The number of likely N-dealkylation sites (N-methyl/N-ethyl adjacent to an activating group) is 1. The maximum Gasteiger partial charge on any atom is 0.262 e. The molecule has 0 bridgehead atoms. The third-order valence-corrected chi connectivity index (χ3v) is 5.40. The molecule has 0 saturated heterocycles. The number of anilines is 3. The van der Waals surface area contributed by atoms with E-state index in [4.69, 9.17) is 16.3 Å². The van der Waals surface area contributed by atoms with E-state index in [-0.39, 0.29) is 17.5 Å². The Kier molecular flexibility index (Phi) is 8.05. The van der Waals surface area contributed by atoms with Crippen molar-refractivity contribution in [3.63, 3.8) is 0 Å². The number of benzene rings is 1. The number of ether oxygens (including phenoxy) is 1. The van der Waals surface area contributed by atoms with Crippen LogP contribution < -0.4 is 15.4 Å². The van der Waals surface area contributed by atoms with Gasteiger partial charge in [0, 0.05) is 23.4 Å². The smallest absolute Gasteiger partial charge is 0.262 e. The molecular formula is C21H25BrClN7O2. The van der Waals surface area contributed by atoms with Crippen molar-refractivity contribution in [3.05, 3.63) is 51.8 Å². The van der Waals surface area contributed by atoms with E-state index in [0.717, 1.165) is 12.2 Å². The summed E-state index contributed by atoms with van der Waals surface area (Å²) >= 11 is 9.59. The molecule has 0 spiro atoms. The first kappa shape index (κ1) is 24.0. The summed E-state index contributed by atoms with van der Waals surface area (Å²) in [6.45, 7) is 5.10. The standard InChI is InChI=1S/C21H25BrClN7O2/c1-5-32-20-15(19(31)27-18-16(22)7-6-8-17(18)23)10-24-21(28-20)26-14-9-25-30(12-14)13(2)11-29(3)4/h6-10,12-13H,5,11H2,1-4H3,(H,27,31)(H,24,26,28)/t13-/m0/s1. The first-order valence-corrected chi connectivity index (χ1v) is 11.2. The van der Waals surface area contributed by atoms with Crippen molar-refractivity contribution >= 4 is 50.8 Å². The molecule has 0 saturated carbocycles. The lowest BCUT2D eigenvalue weighted by Crippen LogP contribution is -2.22. The van der Waals surface area contributed by atoms with Gasteiger partial charge < -0.3 is 20.3 Å². The number of nitrogens with zero attached hydrogens (tertiary/aromatic N) is 5. The van der Waals surface area contributed by atoms with Gasteiger partial charge in [-0.25, -0.2) is 4.98 Å². The molecule has 0 aliphatic heterocycles. The van der Waals surface area contributed by atoms with Gasteiger partial charge in [0.15, 0.2) is 0 Å². The Morgan fingerprint density at radius 1 is 1.34 bits per heavy atom. The zero-order valence-electron chi connectivity index (χ0n) is 18.3. The van der Waals surface area contributed by atoms with Crippen molar-refractivity contribution < 1.29 is 9.53 Å². The van der Waals surface area contributed by atoms with Crippen LogP contribution in [0.1, 0.15) is 30.2 Å². The van der Waals surface area contributed by atoms with Crippen molar-refractivity contribution in [2.75, 3.05) is 37.9 Å². The highest BCUT2D eigenvalue weighted by Crippen LogP contribution is 2.31. The number of carbonyl (C=O) groups excluding carboxylic acids is 1. The fourth-order valence-electron chi connectivity index (χ4n) is 3.01. The van der Waals surface area contributed by atoms with E-state index in [1.165, 1.54) is 6.20 Å². The van der Waals surface area contributed by atoms with Gasteiger partial charge in [-0.15, -0.1) is 0 Å². The number of halogens is 2. The highest BCUT2D eigenvalue weighted by Gasteiger charge is 2.19. The lowest BCUT2D eigenvalue weighted by molar-refractivity contribution is 0.102. The van der Waals surface area contributed by atoms with Gasteiger partial charge in [0.1, 0.15) is 5.56 Å². The van der Waals surface area contributed by atoms with Crippen LogP contribution in [0.5, 0.6) is 5.88 Å². The minimum atomic E-state index is -0.431. The molecule has 2 heterocycles. The number of carbonyl (C=O) groups is 1. The Morgan fingerprint density at radius 3 is 2.81 bits per heavy atom. The number of aromatic nitrogens is 4. The van der Waals surface area contributed by atoms with Gasteiger partial charge in [0.2, 0.25) is 11.8 Å². The van der Waals surface area contributed by atoms with Gasteiger partial charge in [-0.3, -0.25) is 9.48 Å². The van der Waals surface area contributed by atoms with Gasteiger partial charge in [-0.05, 0) is 56.0 Å². The number of para-hydroxylation sites is 1. The summed E-state index contributed by atoms with van der Waals surface area (Å²) in [5.41, 5.74) is 1.39. The number of hydrogen-bond donors (Lipinski definition) is 2. The first-order valence-electron chi connectivity index (χ1n) is 9.99. The largest absolute Gasteiger partial charge is 0.477 e. The minimum absolute atomic E-state index is 0.166. The van der Waals surface area contributed by atoms with Crippen molar-refractivity contribution in [3.8, 4) is 5.88 Å². The average Bonchev–Trinajstić information content (AvgIpc) is 3.19. The molecule has 0 aliphatic carbocycles. The third kappa shape index (κ3) is 5.96. The summed E-state index contributed by atoms with van der Waals surface area (Å²) in [5, 5.41) is 10.7. The summed E-state index contributed by atoms with van der Waals surface area (Å²) in [4.78, 5) is 23.6. The Labute approximate surface area is 200 Å². The molecule has 2 aromatic heterocycles. The van der Waals surface area contributed by atoms with Crippen LogP contribution in [-0.4, -0.2) is 57.8 Å². The molecular weight excluding hydrogens is 498 g/mol. The molecule has 2 N–H and O–H groups in total. The molecule has 9 nitrogen and oxygen atoms in total. The lowest BCUT2D eigenvalue weighted by Gasteiger charge is -2.17. The molecule has 0 fully saturated rings. The van der Waals surface area contributed by atoms with E-state index in [1.54, 1.807) is 24.4 Å². The minimum Gasteiger partial charge on any atom is -0.477 e. The van der Waals surface area contributed by atoms with Gasteiger partial charge >= 0.3 is 0 Å². The van der Waals surface area contributed by atoms with Gasteiger partial charge in [-0.1, -0.05) is 17.7 Å². The monoisotopic (exact) mass is 521 g/mol. The average molecular weight is 523 g/mol. The zero-order chi connectivity index (χ0) is 23.3. The van der Waals surface area contributed by atoms with E-state index in [9.17, 15) is 4.79 Å². The van der Waals surface area contributed by atoms with Crippen LogP contribution in [-0.2, 0) is 0 Å². The predicted molar refractivity (Wildman–Crippen MR) is 129 cm³/mol. The third-order valence-electron chi connectivity index (χ3n) is 4.42. The number of nitrogens with one attached hydrogen (secondary N) is 2. The summed E-state index contributed by atoms with van der Waals surface area (Å²) in [5.74, 6) is 0.0295. The van der Waals surface area contributed by atoms with Gasteiger partial charge in [0.25, 0.3) is 5.91 Å². The Balaban J connectivity index is 1.79. The number of rotatable bonds is 9. The molecule has 11 heteroatoms. The lowest BCUT2D eigenvalue weighted by atomic mass is 10.2. The van der Waals surface area contributed by atoms with Crippen molar-refractivity contribution in [1.82, 2.24) is 24.6 Å². The zero-order valence-corrected chi connectivity index (χ0v) is 20.6. The number of amides is 1. The van der Waals surface area contributed by atoms with Crippen LogP contribution in [0, 0.1) is 0 Å². The van der Waals surface area contributed by atoms with Crippen molar-refractivity contribution in [2.24, 2.45) is 0 Å². The normalized spacial score (nSPS) is 12.0. The van der Waals surface area contributed by atoms with Crippen molar-refractivity contribution in [1.29, 1.82) is 0 Å². The summed E-state index contributed by atoms with van der Waals surface area (Å²) in [6, 6.07) is 5.46. The van der Waals surface area contributed by atoms with Gasteiger partial charge in [-0.2, -0.15) is 10.1 Å². The second kappa shape index (κ2) is 10.8. The van der Waals surface area contributed by atoms with Crippen LogP contribution in [0.4, 0.5) is 17.3 Å². The summed E-state index contributed by atoms with van der Waals surface area (Å²) in [6.07, 6.45) is 5.00. The molecule has 0 radical (unpaired) electrons. The van der Waals surface area contributed by atoms with E-state index in [2.05, 4.69) is 53.5 Å². The van der Waals surface area contributed by atoms with Crippen LogP contribution in [0.25, 0.3) is 0 Å². The quantitative estimate of drug-likeness (QED) is 0.424. The fraction of sp³-hybridized carbons (Fsp3) is 0.333. The predicted octanol–water partition coefficient (Wildman–Crippen LogP) is 4.61. The molecule has 1 amide bonds. The van der Waals surface area contributed by atoms with Crippen molar-refractivity contribution in [2.45, 2.75) is 19.9 Å². The molecule has 3 rings (SSSR count). The Bertz CT molecular complexity index is 1070. The van der Waals surface area contributed by atoms with Crippen LogP contribution in [0.2, 0.25) is 5.02 Å². The molecule has 0 unspecified atom stereocenters. The van der Waals surface area contributed by atoms with Gasteiger partial charge in [0.05, 0.1) is 35.2 Å². The maximum atomic E-state index is 12.9. The summed E-state index contributed by atoms with van der Waals surface area (Å²) in [7, 11) is 4.04. The number of hydrogen-bond acceptors (Lipinski definition) is 7. The van der Waals surface area contributed by atoms with E-state index in [1.807, 2.05) is 31.9 Å². The molecule has 1 atom stereocenters. The Morgan fingerprint density at radius 2 is 2.12 bits per heavy atom. The second-order valence-electron chi connectivity index (χ2n) is 7.34. The topological polar surface area (TPSA) is 97.2 Å². The highest BCUT2D eigenvalue weighted by atomic mass is 79.9. The van der Waals surface area contributed by atoms with Crippen LogP contribution in [0.15, 0.2) is 41.3 Å². The van der Waals surface area contributed by atoms with Crippen LogP contribution in [0.3, 0.4) is 0 Å². The molecule has 170 valence electrons. The summed E-state index contributed by atoms with van der Waals surface area (Å²) < 4.78 is 8.13. The first-order chi connectivity index (χ1) is 15.3. The maximum absolute atomic E-state index is 12.9.